The van der Waals surface area contributed by atoms with E-state index in [1.807, 2.05) is 13.8 Å². The number of aromatic nitrogens is 1. The number of amides is 1. The molecule has 1 aromatic heterocycles. The molecule has 3 atom stereocenters. The number of hydrazine groups is 1. The van der Waals surface area contributed by atoms with Gasteiger partial charge in [-0.15, -0.1) is 11.8 Å². The van der Waals surface area contributed by atoms with Crippen molar-refractivity contribution in [3.05, 3.63) is 47.1 Å². The maximum absolute atomic E-state index is 13.5. The van der Waals surface area contributed by atoms with Crippen LogP contribution in [0, 0.1) is 29.6 Å². The van der Waals surface area contributed by atoms with E-state index in [1.165, 1.54) is 57.3 Å². The summed E-state index contributed by atoms with van der Waals surface area (Å²) in [7, 11) is 1.40. The van der Waals surface area contributed by atoms with Gasteiger partial charge >= 0.3 is 0 Å². The Labute approximate surface area is 233 Å². The first kappa shape index (κ1) is 32.1. The predicted octanol–water partition coefficient (Wildman–Crippen LogP) is 3.35. The lowest BCUT2D eigenvalue weighted by Crippen LogP contribution is -2.38. The molecule has 1 saturated carbocycles. The fraction of sp³-hybridized carbons (Fsp3) is 0.500. The van der Waals surface area contributed by atoms with Crippen molar-refractivity contribution in [3.63, 3.8) is 0 Å². The Bertz CT molecular complexity index is 1190. The van der Waals surface area contributed by atoms with Gasteiger partial charge in [0.05, 0.1) is 18.0 Å². The Morgan fingerprint density at radius 3 is 2.62 bits per heavy atom. The summed E-state index contributed by atoms with van der Waals surface area (Å²) in [5, 5.41) is 14.7. The van der Waals surface area contributed by atoms with E-state index in [2.05, 4.69) is 44.7 Å². The van der Waals surface area contributed by atoms with Gasteiger partial charge in [0, 0.05) is 29.5 Å². The zero-order valence-corrected chi connectivity index (χ0v) is 23.9. The highest BCUT2D eigenvalue weighted by atomic mass is 32.2. The van der Waals surface area contributed by atoms with Crippen molar-refractivity contribution < 1.29 is 23.4 Å². The predicted molar refractivity (Wildman–Crippen MR) is 151 cm³/mol. The van der Waals surface area contributed by atoms with Crippen LogP contribution in [0.5, 0.6) is 0 Å². The summed E-state index contributed by atoms with van der Waals surface area (Å²) in [5.41, 5.74) is 2.37. The summed E-state index contributed by atoms with van der Waals surface area (Å²) < 4.78 is 32.4. The first-order chi connectivity index (χ1) is 18.5. The minimum Gasteiger partial charge on any atom is -0.495 e. The van der Waals surface area contributed by atoms with Crippen LogP contribution in [0.1, 0.15) is 69.1 Å². The summed E-state index contributed by atoms with van der Waals surface area (Å²) in [5.74, 6) is 17.5. The molecule has 0 spiro atoms. The molecule has 1 aliphatic carbocycles. The van der Waals surface area contributed by atoms with Crippen molar-refractivity contribution >= 4 is 23.2 Å². The topological polar surface area (TPSA) is 122 Å². The van der Waals surface area contributed by atoms with Crippen molar-refractivity contribution in [1.82, 2.24) is 21.0 Å². The Morgan fingerprint density at radius 2 is 2.05 bits per heavy atom. The molecular weight excluding hydrogens is 524 g/mol. The van der Waals surface area contributed by atoms with Gasteiger partial charge in [-0.05, 0) is 51.7 Å². The van der Waals surface area contributed by atoms with E-state index in [9.17, 15) is 18.7 Å². The van der Waals surface area contributed by atoms with Gasteiger partial charge in [0.2, 0.25) is 0 Å². The van der Waals surface area contributed by atoms with Crippen LogP contribution in [0.25, 0.3) is 5.57 Å². The number of dihydropyridines is 1. The van der Waals surface area contributed by atoms with Crippen LogP contribution in [-0.2, 0) is 4.74 Å². The van der Waals surface area contributed by atoms with Crippen LogP contribution in [0.15, 0.2) is 30.3 Å². The molecule has 0 aromatic carbocycles. The van der Waals surface area contributed by atoms with Gasteiger partial charge < -0.3 is 20.5 Å². The molecule has 2 heterocycles. The quantitative estimate of drug-likeness (QED) is 0.142. The van der Waals surface area contributed by atoms with Gasteiger partial charge in [-0.2, -0.15) is 0 Å². The minimum absolute atomic E-state index is 0.145. The Balaban J connectivity index is 0.00000260. The van der Waals surface area contributed by atoms with Crippen LogP contribution in [0.3, 0.4) is 0 Å². The van der Waals surface area contributed by atoms with Crippen molar-refractivity contribution in [2.24, 2.45) is 11.8 Å². The molecule has 0 saturated heterocycles. The van der Waals surface area contributed by atoms with Crippen LogP contribution in [0.2, 0.25) is 0 Å². The van der Waals surface area contributed by atoms with Gasteiger partial charge in [-0.1, -0.05) is 31.6 Å². The number of hydrogen-bond donors (Lipinski definition) is 5. The number of rotatable bonds is 8. The second kappa shape index (κ2) is 14.9. The van der Waals surface area contributed by atoms with Crippen molar-refractivity contribution in [1.29, 1.82) is 0 Å². The van der Waals surface area contributed by atoms with E-state index in [0.717, 1.165) is 12.8 Å². The van der Waals surface area contributed by atoms with E-state index in [4.69, 9.17) is 10.6 Å². The molecule has 0 bridgehead atoms. The highest BCUT2D eigenvalue weighted by Crippen LogP contribution is 2.31. The van der Waals surface area contributed by atoms with E-state index in [-0.39, 0.29) is 22.4 Å². The molecule has 212 valence electrons. The number of pyridine rings is 1. The van der Waals surface area contributed by atoms with Gasteiger partial charge in [-0.25, -0.2) is 19.2 Å². The number of nitrogens with one attached hydrogen (secondary N) is 3. The average molecular weight is 562 g/mol. The zero-order valence-electron chi connectivity index (χ0n) is 23.1. The highest BCUT2D eigenvalue weighted by Gasteiger charge is 2.27. The monoisotopic (exact) mass is 561 g/mol. The lowest BCUT2D eigenvalue weighted by atomic mass is 9.95. The molecule has 6 N–H and O–H groups in total. The largest absolute Gasteiger partial charge is 0.495 e. The van der Waals surface area contributed by atoms with Gasteiger partial charge in [0.1, 0.15) is 28.5 Å². The second-order valence-electron chi connectivity index (χ2n) is 9.11. The summed E-state index contributed by atoms with van der Waals surface area (Å²) >= 11 is 1.33. The number of methoxy groups -OCH3 is 1. The smallest absolute Gasteiger partial charge is 0.261 e. The molecule has 39 heavy (non-hydrogen) atoms. The molecule has 2 aliphatic rings. The SMILES string of the molecule is CC.COC1=CNC(C(F)F)C=C1c1cc(C#CC(C)(C)O)ncc1C(=O)NC(C)SC(C#CC1CC1)NN. The molecule has 11 heteroatoms. The number of hydrogen-bond acceptors (Lipinski definition) is 8. The summed E-state index contributed by atoms with van der Waals surface area (Å²) in [6.07, 6.45) is 3.46. The molecule has 1 fully saturated rings. The third-order valence-electron chi connectivity index (χ3n) is 5.27. The van der Waals surface area contributed by atoms with E-state index in [0.29, 0.717) is 17.1 Å². The first-order valence-corrected chi connectivity index (χ1v) is 13.6. The fourth-order valence-electron chi connectivity index (χ4n) is 3.28. The first-order valence-electron chi connectivity index (χ1n) is 12.7. The Hall–Kier alpha value is -3.09. The molecule has 1 aromatic rings. The lowest BCUT2D eigenvalue weighted by Gasteiger charge is -2.24. The Morgan fingerprint density at radius 1 is 1.36 bits per heavy atom. The van der Waals surface area contributed by atoms with Gasteiger partial charge in [0.15, 0.2) is 0 Å². The third-order valence-corrected chi connectivity index (χ3v) is 6.32. The standard InChI is InChI=1S/C26H31F2N5O3S.C2H6/c1-15(37-23(33-29)8-7-16-5-6-16)32-25(34)20-13-30-17(9-10-26(2,3)35)11-18(20)19-12-21(24(27)28)31-14-22(19)36-4;1-2/h11-16,21,23-24,31,33,35H,5-6,29H2,1-4H3,(H,32,34);1-2H3. The summed E-state index contributed by atoms with van der Waals surface area (Å²) in [6, 6.07) is 0.239. The normalized spacial score (nSPS) is 17.9. The average Bonchev–Trinajstić information content (AvgIpc) is 3.74. The number of thioether (sulfide) groups is 1. The van der Waals surface area contributed by atoms with Crippen LogP contribution >= 0.6 is 11.8 Å². The number of carbonyl (C=O) groups is 1. The summed E-state index contributed by atoms with van der Waals surface area (Å²) in [4.78, 5) is 17.6. The molecule has 1 aliphatic heterocycles. The van der Waals surface area contributed by atoms with Crippen LogP contribution < -0.4 is 21.9 Å². The number of carbonyl (C=O) groups excluding carboxylic acids is 1. The molecule has 3 unspecified atom stereocenters. The molecule has 0 radical (unpaired) electrons. The maximum atomic E-state index is 13.5. The number of ether oxygens (including phenoxy) is 1. The fourth-order valence-corrected chi connectivity index (χ4v) is 4.08. The van der Waals surface area contributed by atoms with Crippen molar-refractivity contribution in [3.8, 4) is 23.7 Å². The zero-order chi connectivity index (χ0) is 29.2. The molecular formula is C28H37F2N5O3S. The van der Waals surface area contributed by atoms with Crippen molar-refractivity contribution in [2.75, 3.05) is 7.11 Å². The minimum atomic E-state index is -2.69. The third kappa shape index (κ3) is 10.2. The highest BCUT2D eigenvalue weighted by molar-refractivity contribution is 8.00. The molecule has 1 amide bonds. The number of nitrogens with zero attached hydrogens (tertiary/aromatic N) is 1. The van der Waals surface area contributed by atoms with Gasteiger partial charge in [0.25, 0.3) is 12.3 Å². The maximum Gasteiger partial charge on any atom is 0.261 e. The van der Waals surface area contributed by atoms with E-state index in [1.54, 1.807) is 6.92 Å². The lowest BCUT2D eigenvalue weighted by molar-refractivity contribution is 0.0951. The van der Waals surface area contributed by atoms with E-state index < -0.39 is 29.3 Å². The number of nitrogens with two attached hydrogens (primary N) is 1. The molecule has 3 rings (SSSR count). The number of halogens is 2. The molecule has 8 nitrogen and oxygen atoms in total. The number of aliphatic hydroxyl groups is 1. The van der Waals surface area contributed by atoms with E-state index >= 15 is 0 Å². The second-order valence-corrected chi connectivity index (χ2v) is 10.6. The van der Waals surface area contributed by atoms with Crippen LogP contribution in [0.4, 0.5) is 8.78 Å². The van der Waals surface area contributed by atoms with Gasteiger partial charge in [-0.3, -0.25) is 10.6 Å². The van der Waals surface area contributed by atoms with Crippen molar-refractivity contribution in [2.45, 2.75) is 76.3 Å². The Kier molecular flexibility index (Phi) is 12.3. The number of allylic oxidation sites excluding steroid dienone is 1. The number of alkyl halides is 2. The van der Waals surface area contributed by atoms with Crippen LogP contribution in [-0.4, -0.2) is 51.9 Å². The summed E-state index contributed by atoms with van der Waals surface area (Å²) in [6.45, 7) is 8.84.